The number of amides is 1. The van der Waals surface area contributed by atoms with Gasteiger partial charge in [-0.1, -0.05) is 17.7 Å². The molecule has 1 fully saturated rings. The van der Waals surface area contributed by atoms with Gasteiger partial charge in [-0.3, -0.25) is 4.79 Å². The first-order valence-electron chi connectivity index (χ1n) is 10.4. The number of piperidine rings is 1. The van der Waals surface area contributed by atoms with E-state index in [0.717, 1.165) is 32.4 Å². The summed E-state index contributed by atoms with van der Waals surface area (Å²) in [5.74, 6) is 0.858. The molecule has 4 nitrogen and oxygen atoms in total. The summed E-state index contributed by atoms with van der Waals surface area (Å²) in [6.07, 6.45) is 17.4. The quantitative estimate of drug-likeness (QED) is 0.543. The van der Waals surface area contributed by atoms with Crippen molar-refractivity contribution in [1.82, 2.24) is 15.5 Å². The molecule has 3 rings (SSSR count). The molecule has 0 aromatic heterocycles. The lowest BCUT2D eigenvalue weighted by atomic mass is 9.85. The summed E-state index contributed by atoms with van der Waals surface area (Å²) in [4.78, 5) is 14.7. The molecular formula is C21H33N3OS. The second kappa shape index (κ2) is 10.1. The van der Waals surface area contributed by atoms with Crippen LogP contribution in [0.5, 0.6) is 0 Å². The zero-order valence-corrected chi connectivity index (χ0v) is 16.7. The van der Waals surface area contributed by atoms with E-state index in [4.69, 9.17) is 12.2 Å². The largest absolute Gasteiger partial charge is 0.362 e. The van der Waals surface area contributed by atoms with Crippen molar-refractivity contribution in [3.8, 4) is 0 Å². The van der Waals surface area contributed by atoms with Crippen LogP contribution in [0.1, 0.15) is 70.6 Å². The van der Waals surface area contributed by atoms with Gasteiger partial charge in [0.2, 0.25) is 5.91 Å². The van der Waals surface area contributed by atoms with Crippen molar-refractivity contribution < 1.29 is 4.79 Å². The zero-order valence-electron chi connectivity index (χ0n) is 15.9. The van der Waals surface area contributed by atoms with Crippen LogP contribution < -0.4 is 10.6 Å². The Morgan fingerprint density at radius 1 is 1.08 bits per heavy atom. The van der Waals surface area contributed by atoms with Crippen LogP contribution in [0.2, 0.25) is 0 Å². The molecule has 0 saturated carbocycles. The number of carbonyl (C=O) groups excluding carboxylic acids is 1. The van der Waals surface area contributed by atoms with E-state index in [1.807, 2.05) is 4.90 Å². The van der Waals surface area contributed by atoms with Crippen molar-refractivity contribution in [2.24, 2.45) is 5.92 Å². The van der Waals surface area contributed by atoms with Crippen molar-refractivity contribution in [2.45, 2.75) is 70.6 Å². The molecule has 1 amide bonds. The third-order valence-electron chi connectivity index (χ3n) is 5.82. The summed E-state index contributed by atoms with van der Waals surface area (Å²) in [6, 6.07) is 0. The van der Waals surface area contributed by atoms with Crippen LogP contribution in [0.15, 0.2) is 23.4 Å². The first kappa shape index (κ1) is 19.4. The number of rotatable bonds is 6. The molecule has 1 atom stereocenters. The Labute approximate surface area is 163 Å². The number of nitrogens with zero attached hydrogens (tertiary/aromatic N) is 1. The number of hydrogen-bond acceptors (Lipinski definition) is 2. The average molecular weight is 376 g/mol. The summed E-state index contributed by atoms with van der Waals surface area (Å²) in [7, 11) is 0. The molecule has 1 heterocycles. The zero-order chi connectivity index (χ0) is 18.2. The number of likely N-dealkylation sites (tertiary alicyclic amines) is 1. The number of fused-ring (bicyclic) bond motifs is 1. The second-order valence-corrected chi connectivity index (χ2v) is 8.14. The Balaban J connectivity index is 1.33. The van der Waals surface area contributed by atoms with Gasteiger partial charge in [-0.2, -0.15) is 0 Å². The van der Waals surface area contributed by atoms with Gasteiger partial charge in [-0.25, -0.2) is 0 Å². The molecule has 0 bridgehead atoms. The molecule has 5 heteroatoms. The van der Waals surface area contributed by atoms with Crippen molar-refractivity contribution in [1.29, 1.82) is 0 Å². The standard InChI is InChI=1S/C21H33N3OS/c25-20(24-16-6-10-18-9-4-5-11-19(18)24)13-15-23-21(26)22-14-12-17-7-2-1-3-8-17/h7,11,18H,1-6,8-10,12-16H2,(H2,22,23,26). The molecule has 1 saturated heterocycles. The average Bonchev–Trinajstić information content (AvgIpc) is 2.68. The normalized spacial score (nSPS) is 22.8. The second-order valence-electron chi connectivity index (χ2n) is 7.74. The fourth-order valence-electron chi connectivity index (χ4n) is 4.39. The van der Waals surface area contributed by atoms with Crippen LogP contribution in [0.4, 0.5) is 0 Å². The van der Waals surface area contributed by atoms with Crippen LogP contribution >= 0.6 is 12.2 Å². The van der Waals surface area contributed by atoms with Crippen molar-refractivity contribution in [3.63, 3.8) is 0 Å². The lowest BCUT2D eigenvalue weighted by Crippen LogP contribution is -2.41. The van der Waals surface area contributed by atoms with Gasteiger partial charge in [0.25, 0.3) is 0 Å². The number of nitrogens with one attached hydrogen (secondary N) is 2. The van der Waals surface area contributed by atoms with Crippen LogP contribution in [0.25, 0.3) is 0 Å². The molecule has 2 N–H and O–H groups in total. The van der Waals surface area contributed by atoms with Crippen LogP contribution in [-0.2, 0) is 4.79 Å². The van der Waals surface area contributed by atoms with E-state index in [0.29, 0.717) is 24.0 Å². The lowest BCUT2D eigenvalue weighted by molar-refractivity contribution is -0.130. The number of thiocarbonyl (C=S) groups is 1. The lowest BCUT2D eigenvalue weighted by Gasteiger charge is -2.38. The van der Waals surface area contributed by atoms with E-state index in [1.165, 1.54) is 50.6 Å². The highest BCUT2D eigenvalue weighted by atomic mass is 32.1. The number of hydrogen-bond donors (Lipinski definition) is 2. The van der Waals surface area contributed by atoms with E-state index >= 15 is 0 Å². The minimum Gasteiger partial charge on any atom is -0.362 e. The van der Waals surface area contributed by atoms with Crippen LogP contribution in [-0.4, -0.2) is 35.6 Å². The van der Waals surface area contributed by atoms with E-state index in [9.17, 15) is 4.79 Å². The molecule has 26 heavy (non-hydrogen) atoms. The topological polar surface area (TPSA) is 44.4 Å². The molecule has 0 aromatic rings. The van der Waals surface area contributed by atoms with Gasteiger partial charge in [0.1, 0.15) is 0 Å². The summed E-state index contributed by atoms with van der Waals surface area (Å²) < 4.78 is 0. The minimum absolute atomic E-state index is 0.241. The van der Waals surface area contributed by atoms with Crippen molar-refractivity contribution in [3.05, 3.63) is 23.4 Å². The van der Waals surface area contributed by atoms with E-state index in [2.05, 4.69) is 22.8 Å². The maximum Gasteiger partial charge on any atom is 0.228 e. The Morgan fingerprint density at radius 3 is 2.73 bits per heavy atom. The smallest absolute Gasteiger partial charge is 0.228 e. The van der Waals surface area contributed by atoms with Gasteiger partial charge in [-0.15, -0.1) is 0 Å². The molecule has 3 aliphatic rings. The van der Waals surface area contributed by atoms with Crippen molar-refractivity contribution in [2.75, 3.05) is 19.6 Å². The SMILES string of the molecule is O=C(CCNC(=S)NCCC1=CCCCC1)N1CCCC2CCCC=C21. The van der Waals surface area contributed by atoms with Gasteiger partial charge in [0.15, 0.2) is 5.11 Å². The van der Waals surface area contributed by atoms with Gasteiger partial charge >= 0.3 is 0 Å². The summed E-state index contributed by atoms with van der Waals surface area (Å²) in [6.45, 7) is 2.38. The molecule has 2 aliphatic carbocycles. The highest BCUT2D eigenvalue weighted by molar-refractivity contribution is 7.80. The van der Waals surface area contributed by atoms with Gasteiger partial charge in [-0.05, 0) is 82.3 Å². The summed E-state index contributed by atoms with van der Waals surface area (Å²) in [5.41, 5.74) is 2.86. The Bertz CT molecular complexity index is 570. The summed E-state index contributed by atoms with van der Waals surface area (Å²) >= 11 is 5.34. The first-order valence-corrected chi connectivity index (χ1v) is 10.8. The Morgan fingerprint density at radius 2 is 1.88 bits per heavy atom. The molecular weight excluding hydrogens is 342 g/mol. The highest BCUT2D eigenvalue weighted by Crippen LogP contribution is 2.35. The highest BCUT2D eigenvalue weighted by Gasteiger charge is 2.29. The van der Waals surface area contributed by atoms with E-state index < -0.39 is 0 Å². The maximum atomic E-state index is 12.6. The minimum atomic E-state index is 0.241. The fraction of sp³-hybridized carbons (Fsp3) is 0.714. The fourth-order valence-corrected chi connectivity index (χ4v) is 4.60. The van der Waals surface area contributed by atoms with Crippen LogP contribution in [0.3, 0.4) is 0 Å². The Kier molecular flexibility index (Phi) is 7.54. The molecule has 0 aromatic carbocycles. The molecule has 1 unspecified atom stereocenters. The predicted molar refractivity (Wildman–Crippen MR) is 111 cm³/mol. The number of carbonyl (C=O) groups is 1. The molecule has 144 valence electrons. The maximum absolute atomic E-state index is 12.6. The third kappa shape index (κ3) is 5.57. The van der Waals surface area contributed by atoms with Gasteiger partial charge in [0, 0.05) is 31.8 Å². The summed E-state index contributed by atoms with van der Waals surface area (Å²) in [5, 5.41) is 7.14. The van der Waals surface area contributed by atoms with Gasteiger partial charge in [0.05, 0.1) is 0 Å². The molecule has 0 radical (unpaired) electrons. The monoisotopic (exact) mass is 375 g/mol. The third-order valence-corrected chi connectivity index (χ3v) is 6.11. The molecule has 0 spiro atoms. The van der Waals surface area contributed by atoms with E-state index in [-0.39, 0.29) is 5.91 Å². The first-order chi connectivity index (χ1) is 12.7. The van der Waals surface area contributed by atoms with E-state index in [1.54, 1.807) is 5.57 Å². The predicted octanol–water partition coefficient (Wildman–Crippen LogP) is 4.04. The molecule has 1 aliphatic heterocycles. The Hall–Kier alpha value is -1.36. The van der Waals surface area contributed by atoms with Crippen molar-refractivity contribution >= 4 is 23.2 Å². The number of allylic oxidation sites excluding steroid dienone is 3. The van der Waals surface area contributed by atoms with Gasteiger partial charge < -0.3 is 15.5 Å². The van der Waals surface area contributed by atoms with Crippen LogP contribution in [0, 0.1) is 5.92 Å².